The maximum atomic E-state index is 7.33. The van der Waals surface area contributed by atoms with Gasteiger partial charge in [-0.05, 0) is 6.54 Å². The molecular formula is C4H11NO. The summed E-state index contributed by atoms with van der Waals surface area (Å²) in [4.78, 5) is 0. The van der Waals surface area contributed by atoms with Crippen molar-refractivity contribution in [3.8, 4) is 0 Å². The van der Waals surface area contributed by atoms with Crippen LogP contribution in [-0.4, -0.2) is 11.7 Å². The first-order valence-electron chi connectivity index (χ1n) is 1.78. The number of rotatable bonds is 0. The summed E-state index contributed by atoms with van der Waals surface area (Å²) < 4.78 is 0. The lowest BCUT2D eigenvalue weighted by Crippen LogP contribution is -1.87. The van der Waals surface area contributed by atoms with Crippen LogP contribution in [0.3, 0.4) is 0 Å². The van der Waals surface area contributed by atoms with Crippen molar-refractivity contribution in [3.05, 3.63) is 12.8 Å². The minimum absolute atomic E-state index is 0.750. The average Bonchev–Trinajstić information content (AvgIpc) is 1.39. The summed E-state index contributed by atoms with van der Waals surface area (Å²) in [6, 6.07) is 0. The Morgan fingerprint density at radius 1 is 2.00 bits per heavy atom. The lowest BCUT2D eigenvalue weighted by molar-refractivity contribution is 0.476. The fourth-order valence-electron chi connectivity index (χ4n) is 0. The first kappa shape index (κ1) is 9.09. The molecule has 0 bridgehead atoms. The third-order valence-corrected chi connectivity index (χ3v) is 0. The van der Waals surface area contributed by atoms with Crippen molar-refractivity contribution < 1.29 is 5.11 Å². The fraction of sp³-hybridized carbons (Fsp3) is 0.500. The second-order valence-corrected chi connectivity index (χ2v) is 0.591. The number of hydrogen-bond acceptors (Lipinski definition) is 2. The highest BCUT2D eigenvalue weighted by molar-refractivity contribution is 4.38. The molecule has 0 amide bonds. The second kappa shape index (κ2) is 24.5. The van der Waals surface area contributed by atoms with Crippen LogP contribution < -0.4 is 5.73 Å². The molecule has 0 aliphatic rings. The van der Waals surface area contributed by atoms with Gasteiger partial charge in [0.05, 0.1) is 6.26 Å². The van der Waals surface area contributed by atoms with Gasteiger partial charge in [0.25, 0.3) is 0 Å². The van der Waals surface area contributed by atoms with E-state index in [2.05, 4.69) is 6.58 Å². The van der Waals surface area contributed by atoms with Crippen molar-refractivity contribution in [2.24, 2.45) is 5.73 Å². The maximum absolute atomic E-state index is 7.33. The summed E-state index contributed by atoms with van der Waals surface area (Å²) in [5.74, 6) is 0. The van der Waals surface area contributed by atoms with Gasteiger partial charge in [0.15, 0.2) is 0 Å². The summed E-state index contributed by atoms with van der Waals surface area (Å²) in [5, 5.41) is 7.33. The lowest BCUT2D eigenvalue weighted by atomic mass is 10.8. The van der Waals surface area contributed by atoms with Crippen LogP contribution in [-0.2, 0) is 0 Å². The van der Waals surface area contributed by atoms with Crippen LogP contribution in [0.15, 0.2) is 12.8 Å². The van der Waals surface area contributed by atoms with Crippen molar-refractivity contribution in [3.63, 3.8) is 0 Å². The van der Waals surface area contributed by atoms with E-state index in [0.717, 1.165) is 12.8 Å². The third kappa shape index (κ3) is 87.5. The van der Waals surface area contributed by atoms with Crippen LogP contribution in [0.5, 0.6) is 0 Å². The molecule has 0 radical (unpaired) electrons. The van der Waals surface area contributed by atoms with Gasteiger partial charge >= 0.3 is 0 Å². The third-order valence-electron chi connectivity index (χ3n) is 0. The summed E-state index contributed by atoms with van der Waals surface area (Å²) in [7, 11) is 0. The van der Waals surface area contributed by atoms with Crippen molar-refractivity contribution in [1.29, 1.82) is 0 Å². The molecule has 0 atom stereocenters. The first-order valence-corrected chi connectivity index (χ1v) is 1.78. The van der Waals surface area contributed by atoms with E-state index in [4.69, 9.17) is 10.8 Å². The Hall–Kier alpha value is -0.500. The molecule has 0 saturated carbocycles. The van der Waals surface area contributed by atoms with E-state index in [0.29, 0.717) is 0 Å². The van der Waals surface area contributed by atoms with E-state index < -0.39 is 0 Å². The molecule has 0 unspecified atom stereocenters. The molecule has 2 heteroatoms. The van der Waals surface area contributed by atoms with Gasteiger partial charge in [0, 0.05) is 0 Å². The average molecular weight is 89.1 g/mol. The van der Waals surface area contributed by atoms with Crippen LogP contribution in [0.25, 0.3) is 0 Å². The van der Waals surface area contributed by atoms with Gasteiger partial charge in [-0.15, -0.1) is 0 Å². The van der Waals surface area contributed by atoms with Gasteiger partial charge < -0.3 is 10.8 Å². The van der Waals surface area contributed by atoms with Crippen LogP contribution >= 0.6 is 0 Å². The zero-order valence-electron chi connectivity index (χ0n) is 4.02. The smallest absolute Gasteiger partial charge is 0.0719 e. The van der Waals surface area contributed by atoms with Gasteiger partial charge in [-0.1, -0.05) is 13.5 Å². The van der Waals surface area contributed by atoms with E-state index in [-0.39, 0.29) is 0 Å². The van der Waals surface area contributed by atoms with Crippen LogP contribution in [0.4, 0.5) is 0 Å². The van der Waals surface area contributed by atoms with Crippen molar-refractivity contribution in [1.82, 2.24) is 0 Å². The summed E-state index contributed by atoms with van der Waals surface area (Å²) in [6.45, 7) is 5.57. The molecule has 0 saturated heterocycles. The molecule has 0 aromatic carbocycles. The number of aliphatic hydroxyl groups excluding tert-OH is 1. The van der Waals surface area contributed by atoms with E-state index in [1.807, 2.05) is 6.92 Å². The number of hydrogen-bond donors (Lipinski definition) is 2. The molecule has 2 nitrogen and oxygen atoms in total. The van der Waals surface area contributed by atoms with Crippen LogP contribution in [0.2, 0.25) is 0 Å². The Bertz CT molecular complexity index is 21.5. The maximum Gasteiger partial charge on any atom is 0.0719 e. The highest BCUT2D eigenvalue weighted by Crippen LogP contribution is 1.26. The highest BCUT2D eigenvalue weighted by atomic mass is 16.2. The molecule has 0 spiro atoms. The number of nitrogens with two attached hydrogens (primary N) is 1. The predicted octanol–water partition coefficient (Wildman–Crippen LogP) is 0.653. The first-order chi connectivity index (χ1) is 2.83. The van der Waals surface area contributed by atoms with Crippen molar-refractivity contribution in [2.45, 2.75) is 6.92 Å². The Balaban J connectivity index is 0. The quantitative estimate of drug-likeness (QED) is 0.428. The predicted molar refractivity (Wildman–Crippen MR) is 27.6 cm³/mol. The van der Waals surface area contributed by atoms with Crippen LogP contribution in [0.1, 0.15) is 6.92 Å². The monoisotopic (exact) mass is 89.1 g/mol. The largest absolute Gasteiger partial charge is 0.516 e. The Labute approximate surface area is 38.3 Å². The minimum Gasteiger partial charge on any atom is -0.516 e. The molecule has 0 aliphatic carbocycles. The highest BCUT2D eigenvalue weighted by Gasteiger charge is 1.32. The van der Waals surface area contributed by atoms with Gasteiger partial charge in [0.2, 0.25) is 0 Å². The zero-order chi connectivity index (χ0) is 5.41. The fourth-order valence-corrected chi connectivity index (χ4v) is 0. The van der Waals surface area contributed by atoms with E-state index >= 15 is 0 Å². The zero-order valence-corrected chi connectivity index (χ0v) is 4.02. The molecule has 38 valence electrons. The molecule has 0 aliphatic heterocycles. The topological polar surface area (TPSA) is 46.2 Å². The van der Waals surface area contributed by atoms with E-state index in [1.54, 1.807) is 0 Å². The van der Waals surface area contributed by atoms with Gasteiger partial charge in [-0.3, -0.25) is 0 Å². The van der Waals surface area contributed by atoms with Crippen LogP contribution in [0, 0.1) is 0 Å². The Morgan fingerprint density at radius 3 is 2.00 bits per heavy atom. The van der Waals surface area contributed by atoms with Gasteiger partial charge in [-0.2, -0.15) is 0 Å². The van der Waals surface area contributed by atoms with Gasteiger partial charge in [0.1, 0.15) is 0 Å². The summed E-state index contributed by atoms with van der Waals surface area (Å²) in [5.41, 5.74) is 4.85. The molecule has 0 fully saturated rings. The Kier molecular flexibility index (Phi) is 37.1. The summed E-state index contributed by atoms with van der Waals surface area (Å²) >= 11 is 0. The molecule has 0 rings (SSSR count). The Morgan fingerprint density at radius 2 is 2.00 bits per heavy atom. The molecule has 3 N–H and O–H groups in total. The summed E-state index contributed by atoms with van der Waals surface area (Å²) in [6.07, 6.45) is 0.750. The minimum atomic E-state index is 0.750. The van der Waals surface area contributed by atoms with E-state index in [9.17, 15) is 0 Å². The van der Waals surface area contributed by atoms with E-state index in [1.165, 1.54) is 0 Å². The molecule has 0 heterocycles. The second-order valence-electron chi connectivity index (χ2n) is 0.591. The molecule has 0 aromatic heterocycles. The SMILES string of the molecule is C=CO.CCN. The normalized spacial score (nSPS) is 5.00. The molecular weight excluding hydrogens is 78.0 g/mol. The lowest BCUT2D eigenvalue weighted by Gasteiger charge is -1.53. The van der Waals surface area contributed by atoms with Gasteiger partial charge in [-0.25, -0.2) is 0 Å². The van der Waals surface area contributed by atoms with Crippen molar-refractivity contribution in [2.75, 3.05) is 6.54 Å². The molecule has 6 heavy (non-hydrogen) atoms. The molecule has 0 aromatic rings. The standard InChI is InChI=1S/C2H7N.C2H4O/c2*1-2-3/h2-3H2,1H3;2-3H,1H2. The number of aliphatic hydroxyl groups is 1. The van der Waals surface area contributed by atoms with Crippen molar-refractivity contribution >= 4 is 0 Å².